The molecule has 0 aromatic heterocycles. The first-order valence-corrected chi connectivity index (χ1v) is 4.16. The largest absolute Gasteiger partial charge is 0.770 e. The van der Waals surface area contributed by atoms with E-state index < -0.39 is 16.5 Å². The predicted molar refractivity (Wildman–Crippen MR) is 40.3 cm³/mol. The summed E-state index contributed by atoms with van der Waals surface area (Å²) >= 11 is -2.46. The average molecular weight is 171 g/mol. The van der Waals surface area contributed by atoms with E-state index in [9.17, 15) is 8.76 Å². The van der Waals surface area contributed by atoms with Crippen molar-refractivity contribution in [2.75, 3.05) is 0 Å². The first-order valence-electron chi connectivity index (χ1n) is 3.03. The predicted octanol–water partition coefficient (Wildman–Crippen LogP) is 0.557. The van der Waals surface area contributed by atoms with Gasteiger partial charge >= 0.3 is 0 Å². The van der Waals surface area contributed by atoms with Crippen molar-refractivity contribution in [2.45, 2.75) is 5.44 Å². The van der Waals surface area contributed by atoms with Crippen molar-refractivity contribution >= 4 is 11.1 Å². The fraction of sp³-hybridized carbons (Fsp3) is 0.143. The first-order chi connectivity index (χ1) is 5.22. The lowest BCUT2D eigenvalue weighted by Crippen LogP contribution is -2.03. The van der Waals surface area contributed by atoms with Crippen molar-refractivity contribution in [3.05, 3.63) is 35.9 Å². The molecule has 3 nitrogen and oxygen atoms in total. The van der Waals surface area contributed by atoms with Crippen molar-refractivity contribution in [1.29, 1.82) is 0 Å². The molecule has 0 heterocycles. The number of hydrogen-bond donors (Lipinski definition) is 1. The number of hydrogen-bond acceptors (Lipinski definition) is 3. The Kier molecular flexibility index (Phi) is 2.76. The average Bonchev–Trinajstić information content (AvgIpc) is 2.05. The standard InChI is InChI=1S/C7H8O3S/c8-7(11(9)10)6-4-2-1-3-5-6/h1-5,7-8H,(H,9,10)/p-1. The molecule has 1 aromatic carbocycles. The van der Waals surface area contributed by atoms with Crippen molar-refractivity contribution in [3.8, 4) is 0 Å². The fourth-order valence-electron chi connectivity index (χ4n) is 0.729. The zero-order valence-corrected chi connectivity index (χ0v) is 6.45. The highest BCUT2D eigenvalue weighted by Gasteiger charge is 2.04. The summed E-state index contributed by atoms with van der Waals surface area (Å²) in [7, 11) is 0. The Morgan fingerprint density at radius 3 is 2.36 bits per heavy atom. The monoisotopic (exact) mass is 171 g/mol. The van der Waals surface area contributed by atoms with Crippen LogP contribution in [0.25, 0.3) is 0 Å². The molecular formula is C7H7O3S-. The highest BCUT2D eigenvalue weighted by atomic mass is 32.2. The van der Waals surface area contributed by atoms with Crippen molar-refractivity contribution < 1.29 is 13.9 Å². The van der Waals surface area contributed by atoms with Gasteiger partial charge in [0.2, 0.25) is 0 Å². The topological polar surface area (TPSA) is 60.4 Å². The molecule has 1 aromatic rings. The van der Waals surface area contributed by atoms with Crippen molar-refractivity contribution in [1.82, 2.24) is 0 Å². The van der Waals surface area contributed by atoms with Gasteiger partial charge in [0.1, 0.15) is 5.44 Å². The Labute approximate surface area is 67.0 Å². The third kappa shape index (κ3) is 2.11. The Morgan fingerprint density at radius 1 is 1.36 bits per heavy atom. The summed E-state index contributed by atoms with van der Waals surface area (Å²) in [6.45, 7) is 0. The quantitative estimate of drug-likeness (QED) is 0.661. The molecule has 11 heavy (non-hydrogen) atoms. The zero-order valence-electron chi connectivity index (χ0n) is 5.64. The summed E-state index contributed by atoms with van der Waals surface area (Å²) in [5, 5.41) is 8.99. The second-order valence-electron chi connectivity index (χ2n) is 2.02. The summed E-state index contributed by atoms with van der Waals surface area (Å²) < 4.78 is 20.5. The minimum absolute atomic E-state index is 0.390. The van der Waals surface area contributed by atoms with Crippen LogP contribution in [0.15, 0.2) is 30.3 Å². The molecule has 60 valence electrons. The number of aliphatic hydroxyl groups excluding tert-OH is 1. The Balaban J connectivity index is 2.85. The smallest absolute Gasteiger partial charge is 0.141 e. The fourth-order valence-corrected chi connectivity index (χ4v) is 1.11. The second-order valence-corrected chi connectivity index (χ2v) is 2.99. The van der Waals surface area contributed by atoms with E-state index in [1.54, 1.807) is 30.3 Å². The number of aliphatic hydroxyl groups is 1. The molecule has 2 atom stereocenters. The molecular weight excluding hydrogens is 164 g/mol. The molecule has 4 heteroatoms. The van der Waals surface area contributed by atoms with Crippen LogP contribution in [-0.4, -0.2) is 13.9 Å². The summed E-state index contributed by atoms with van der Waals surface area (Å²) in [6.07, 6.45) is 0. The van der Waals surface area contributed by atoms with Crippen LogP contribution < -0.4 is 0 Å². The van der Waals surface area contributed by atoms with Crippen molar-refractivity contribution in [2.24, 2.45) is 0 Å². The van der Waals surface area contributed by atoms with Gasteiger partial charge in [0.05, 0.1) is 0 Å². The molecule has 2 unspecified atom stereocenters. The van der Waals surface area contributed by atoms with Crippen LogP contribution in [0.4, 0.5) is 0 Å². The molecule has 0 spiro atoms. The van der Waals surface area contributed by atoms with E-state index in [-0.39, 0.29) is 0 Å². The summed E-state index contributed by atoms with van der Waals surface area (Å²) in [4.78, 5) is 0. The summed E-state index contributed by atoms with van der Waals surface area (Å²) in [6, 6.07) is 8.21. The molecule has 0 fully saturated rings. The van der Waals surface area contributed by atoms with E-state index in [1.165, 1.54) is 0 Å². The third-order valence-electron chi connectivity index (χ3n) is 1.27. The molecule has 0 aliphatic heterocycles. The van der Waals surface area contributed by atoms with Gasteiger partial charge < -0.3 is 9.66 Å². The van der Waals surface area contributed by atoms with Gasteiger partial charge in [0.25, 0.3) is 0 Å². The maximum Gasteiger partial charge on any atom is 0.141 e. The van der Waals surface area contributed by atoms with Crippen LogP contribution in [-0.2, 0) is 11.1 Å². The zero-order chi connectivity index (χ0) is 8.27. The number of benzene rings is 1. The van der Waals surface area contributed by atoms with Gasteiger partial charge in [-0.25, -0.2) is 0 Å². The van der Waals surface area contributed by atoms with Gasteiger partial charge in [0.15, 0.2) is 0 Å². The lowest BCUT2D eigenvalue weighted by molar-refractivity contribution is 0.249. The van der Waals surface area contributed by atoms with E-state index in [2.05, 4.69) is 0 Å². The van der Waals surface area contributed by atoms with Crippen LogP contribution in [0, 0.1) is 0 Å². The maximum atomic E-state index is 10.2. The Hall–Kier alpha value is -0.710. The Morgan fingerprint density at radius 2 is 1.91 bits per heavy atom. The van der Waals surface area contributed by atoms with E-state index in [0.29, 0.717) is 5.56 Å². The summed E-state index contributed by atoms with van der Waals surface area (Å²) in [5.74, 6) is 0. The third-order valence-corrected chi connectivity index (χ3v) is 1.90. The van der Waals surface area contributed by atoms with E-state index in [4.69, 9.17) is 5.11 Å². The molecule has 0 saturated heterocycles. The van der Waals surface area contributed by atoms with E-state index in [1.807, 2.05) is 0 Å². The lowest BCUT2D eigenvalue weighted by atomic mass is 10.2. The maximum absolute atomic E-state index is 10.2. The molecule has 0 amide bonds. The van der Waals surface area contributed by atoms with E-state index >= 15 is 0 Å². The molecule has 0 saturated carbocycles. The van der Waals surface area contributed by atoms with Crippen LogP contribution in [0.2, 0.25) is 0 Å². The second kappa shape index (κ2) is 3.61. The SMILES string of the molecule is O=S([O-])C(O)c1ccccc1. The van der Waals surface area contributed by atoms with Crippen LogP contribution in [0.3, 0.4) is 0 Å². The van der Waals surface area contributed by atoms with Crippen LogP contribution in [0.1, 0.15) is 11.0 Å². The van der Waals surface area contributed by atoms with Gasteiger partial charge in [-0.2, -0.15) is 0 Å². The van der Waals surface area contributed by atoms with Gasteiger partial charge in [-0.05, 0) is 16.6 Å². The molecule has 0 radical (unpaired) electrons. The van der Waals surface area contributed by atoms with Gasteiger partial charge in [0, 0.05) is 0 Å². The molecule has 0 aliphatic carbocycles. The van der Waals surface area contributed by atoms with Crippen LogP contribution >= 0.6 is 0 Å². The molecule has 0 bridgehead atoms. The lowest BCUT2D eigenvalue weighted by Gasteiger charge is -2.12. The molecule has 1 rings (SSSR count). The van der Waals surface area contributed by atoms with Crippen LogP contribution in [0.5, 0.6) is 0 Å². The summed E-state index contributed by atoms with van der Waals surface area (Å²) in [5.41, 5.74) is -1.02. The highest BCUT2D eigenvalue weighted by molar-refractivity contribution is 7.79. The molecule has 1 N–H and O–H groups in total. The van der Waals surface area contributed by atoms with Gasteiger partial charge in [-0.15, -0.1) is 0 Å². The van der Waals surface area contributed by atoms with E-state index in [0.717, 1.165) is 0 Å². The number of rotatable bonds is 2. The Bertz CT molecular complexity index is 247. The normalized spacial score (nSPS) is 15.8. The minimum atomic E-state index is -2.46. The highest BCUT2D eigenvalue weighted by Crippen LogP contribution is 2.13. The first kappa shape index (κ1) is 8.39. The van der Waals surface area contributed by atoms with Crippen molar-refractivity contribution in [3.63, 3.8) is 0 Å². The van der Waals surface area contributed by atoms with Gasteiger partial charge in [-0.1, -0.05) is 30.3 Å². The minimum Gasteiger partial charge on any atom is -0.770 e. The van der Waals surface area contributed by atoms with Gasteiger partial charge in [-0.3, -0.25) is 4.21 Å². The molecule has 0 aliphatic rings.